The normalized spacial score (nSPS) is 26.2. The van der Waals surface area contributed by atoms with Gasteiger partial charge < -0.3 is 9.88 Å². The van der Waals surface area contributed by atoms with Crippen LogP contribution < -0.4 is 0 Å². The molecule has 114 valence electrons. The van der Waals surface area contributed by atoms with Crippen LogP contribution in [0.3, 0.4) is 0 Å². The molecular formula is C19H23N3. The standard InChI is InChI=1S/C19H23N3/c1-13-5-7-22(8-6-13)12-14-9-16(14)18-11-21-19-4-3-15(20-2)10-17(18)19/h3-4,10-11,13-14,16,21H,5-9,12H2,1H3. The third-order valence-electron chi connectivity index (χ3n) is 5.52. The van der Waals surface area contributed by atoms with Gasteiger partial charge in [0.1, 0.15) is 0 Å². The molecule has 1 aromatic heterocycles. The Morgan fingerprint density at radius 1 is 1.32 bits per heavy atom. The number of rotatable bonds is 3. The highest BCUT2D eigenvalue weighted by atomic mass is 15.1. The van der Waals surface area contributed by atoms with Crippen molar-refractivity contribution in [2.45, 2.75) is 32.1 Å². The number of nitrogens with one attached hydrogen (secondary N) is 1. The lowest BCUT2D eigenvalue weighted by Crippen LogP contribution is -2.34. The summed E-state index contributed by atoms with van der Waals surface area (Å²) >= 11 is 0. The highest BCUT2D eigenvalue weighted by molar-refractivity contribution is 5.87. The number of H-pyrrole nitrogens is 1. The van der Waals surface area contributed by atoms with Gasteiger partial charge in [0.15, 0.2) is 5.69 Å². The van der Waals surface area contributed by atoms with Crippen LogP contribution in [-0.4, -0.2) is 29.5 Å². The second kappa shape index (κ2) is 5.44. The summed E-state index contributed by atoms with van der Waals surface area (Å²) in [6, 6.07) is 5.98. The Kier molecular flexibility index (Phi) is 3.43. The van der Waals surface area contributed by atoms with Gasteiger partial charge in [-0.15, -0.1) is 0 Å². The van der Waals surface area contributed by atoms with Crippen LogP contribution in [0.4, 0.5) is 5.69 Å². The molecule has 1 aliphatic heterocycles. The summed E-state index contributed by atoms with van der Waals surface area (Å²) in [6.45, 7) is 13.4. The summed E-state index contributed by atoms with van der Waals surface area (Å²) in [7, 11) is 0. The van der Waals surface area contributed by atoms with Crippen molar-refractivity contribution in [3.05, 3.63) is 41.4 Å². The van der Waals surface area contributed by atoms with E-state index in [-0.39, 0.29) is 0 Å². The quantitative estimate of drug-likeness (QED) is 0.824. The molecule has 0 spiro atoms. The fourth-order valence-corrected chi connectivity index (χ4v) is 3.91. The Balaban J connectivity index is 1.47. The molecule has 0 bridgehead atoms. The van der Waals surface area contributed by atoms with Gasteiger partial charge in [-0.1, -0.05) is 13.0 Å². The van der Waals surface area contributed by atoms with Gasteiger partial charge in [0, 0.05) is 18.3 Å². The zero-order valence-electron chi connectivity index (χ0n) is 13.2. The lowest BCUT2D eigenvalue weighted by Gasteiger charge is -2.30. The number of aromatic amines is 1. The van der Waals surface area contributed by atoms with Crippen molar-refractivity contribution < 1.29 is 0 Å². The lowest BCUT2D eigenvalue weighted by molar-refractivity contribution is 0.185. The van der Waals surface area contributed by atoms with Crippen molar-refractivity contribution in [2.75, 3.05) is 19.6 Å². The first-order valence-electron chi connectivity index (χ1n) is 8.45. The average molecular weight is 293 g/mol. The van der Waals surface area contributed by atoms with Crippen LogP contribution in [-0.2, 0) is 0 Å². The fraction of sp³-hybridized carbons (Fsp3) is 0.526. The van der Waals surface area contributed by atoms with Gasteiger partial charge in [0.2, 0.25) is 0 Å². The number of fused-ring (bicyclic) bond motifs is 1. The largest absolute Gasteiger partial charge is 0.361 e. The SMILES string of the molecule is [C-]#[N+]c1ccc2[nH]cc(C3CC3CN3CCC(C)CC3)c2c1. The number of nitrogens with zero attached hydrogens (tertiary/aromatic N) is 2. The van der Waals surface area contributed by atoms with E-state index in [1.807, 2.05) is 18.2 Å². The third-order valence-corrected chi connectivity index (χ3v) is 5.52. The predicted octanol–water partition coefficient (Wildman–Crippen LogP) is 4.55. The number of aromatic nitrogens is 1. The van der Waals surface area contributed by atoms with Gasteiger partial charge in [0.05, 0.1) is 6.57 Å². The molecule has 3 heteroatoms. The van der Waals surface area contributed by atoms with Crippen molar-refractivity contribution in [1.82, 2.24) is 9.88 Å². The first-order valence-corrected chi connectivity index (χ1v) is 8.45. The summed E-state index contributed by atoms with van der Waals surface area (Å²) in [6.07, 6.45) is 6.19. The van der Waals surface area contributed by atoms with E-state index in [1.165, 1.54) is 55.4 Å². The van der Waals surface area contributed by atoms with Crippen LogP contribution in [0, 0.1) is 18.4 Å². The molecule has 1 N–H and O–H groups in total. The monoisotopic (exact) mass is 293 g/mol. The minimum Gasteiger partial charge on any atom is -0.361 e. The van der Waals surface area contributed by atoms with Gasteiger partial charge in [-0.05, 0) is 73.2 Å². The van der Waals surface area contributed by atoms with E-state index in [0.717, 1.165) is 17.5 Å². The second-order valence-electron chi connectivity index (χ2n) is 7.17. The van der Waals surface area contributed by atoms with Crippen molar-refractivity contribution in [2.24, 2.45) is 11.8 Å². The Morgan fingerprint density at radius 3 is 2.91 bits per heavy atom. The fourth-order valence-electron chi connectivity index (χ4n) is 3.91. The Hall–Kier alpha value is -1.79. The van der Waals surface area contributed by atoms with E-state index in [9.17, 15) is 0 Å². The number of hydrogen-bond donors (Lipinski definition) is 1. The molecule has 22 heavy (non-hydrogen) atoms. The molecular weight excluding hydrogens is 270 g/mol. The summed E-state index contributed by atoms with van der Waals surface area (Å²) in [4.78, 5) is 9.60. The number of hydrogen-bond acceptors (Lipinski definition) is 1. The Morgan fingerprint density at radius 2 is 2.14 bits per heavy atom. The maximum Gasteiger partial charge on any atom is 0.187 e. The van der Waals surface area contributed by atoms with E-state index in [2.05, 4.69) is 27.8 Å². The van der Waals surface area contributed by atoms with Crippen molar-refractivity contribution in [3.63, 3.8) is 0 Å². The van der Waals surface area contributed by atoms with E-state index in [4.69, 9.17) is 6.57 Å². The Labute approximate surface area is 132 Å². The van der Waals surface area contributed by atoms with Crippen molar-refractivity contribution >= 4 is 16.6 Å². The Bertz CT molecular complexity index is 716. The first kappa shape index (κ1) is 13.8. The highest BCUT2D eigenvalue weighted by Crippen LogP contribution is 2.50. The smallest absolute Gasteiger partial charge is 0.187 e. The summed E-state index contributed by atoms with van der Waals surface area (Å²) in [5, 5.41) is 1.26. The molecule has 2 unspecified atom stereocenters. The molecule has 2 atom stereocenters. The molecule has 0 amide bonds. The van der Waals surface area contributed by atoms with Crippen molar-refractivity contribution in [3.8, 4) is 0 Å². The lowest BCUT2D eigenvalue weighted by atomic mass is 9.99. The van der Waals surface area contributed by atoms with Crippen LogP contribution in [0.25, 0.3) is 15.7 Å². The number of likely N-dealkylation sites (tertiary alicyclic amines) is 1. The molecule has 1 saturated carbocycles. The number of piperidine rings is 1. The molecule has 2 aromatic rings. The minimum absolute atomic E-state index is 0.689. The number of benzene rings is 1. The first-order chi connectivity index (χ1) is 10.7. The van der Waals surface area contributed by atoms with Gasteiger partial charge >= 0.3 is 0 Å². The van der Waals surface area contributed by atoms with Gasteiger partial charge in [-0.3, -0.25) is 0 Å². The van der Waals surface area contributed by atoms with Crippen LogP contribution in [0.2, 0.25) is 0 Å². The van der Waals surface area contributed by atoms with Crippen LogP contribution in [0.5, 0.6) is 0 Å². The summed E-state index contributed by atoms with van der Waals surface area (Å²) < 4.78 is 0. The molecule has 1 aliphatic carbocycles. The maximum atomic E-state index is 7.20. The molecule has 1 saturated heterocycles. The average Bonchev–Trinajstić information content (AvgIpc) is 3.17. The molecule has 2 fully saturated rings. The predicted molar refractivity (Wildman–Crippen MR) is 90.2 cm³/mol. The summed E-state index contributed by atoms with van der Waals surface area (Å²) in [5.74, 6) is 2.41. The third kappa shape index (κ3) is 2.53. The second-order valence-corrected chi connectivity index (χ2v) is 7.17. The summed E-state index contributed by atoms with van der Waals surface area (Å²) in [5.41, 5.74) is 3.34. The van der Waals surface area contributed by atoms with Gasteiger partial charge in [-0.2, -0.15) is 0 Å². The molecule has 2 aliphatic rings. The minimum atomic E-state index is 0.689. The van der Waals surface area contributed by atoms with E-state index in [1.54, 1.807) is 0 Å². The maximum absolute atomic E-state index is 7.20. The molecule has 1 aromatic carbocycles. The van der Waals surface area contributed by atoms with Crippen LogP contribution in [0.15, 0.2) is 24.4 Å². The topological polar surface area (TPSA) is 23.4 Å². The molecule has 2 heterocycles. The van der Waals surface area contributed by atoms with E-state index < -0.39 is 0 Å². The molecule has 0 radical (unpaired) electrons. The van der Waals surface area contributed by atoms with Gasteiger partial charge in [-0.25, -0.2) is 4.85 Å². The van der Waals surface area contributed by atoms with Crippen LogP contribution >= 0.6 is 0 Å². The van der Waals surface area contributed by atoms with Crippen LogP contribution in [0.1, 0.15) is 37.7 Å². The van der Waals surface area contributed by atoms with E-state index >= 15 is 0 Å². The molecule has 3 nitrogen and oxygen atoms in total. The van der Waals surface area contributed by atoms with Crippen molar-refractivity contribution in [1.29, 1.82) is 0 Å². The highest BCUT2D eigenvalue weighted by Gasteiger charge is 2.40. The molecule has 4 rings (SSSR count). The van der Waals surface area contributed by atoms with Gasteiger partial charge in [0.25, 0.3) is 0 Å². The zero-order chi connectivity index (χ0) is 15.1. The zero-order valence-corrected chi connectivity index (χ0v) is 13.2. The van der Waals surface area contributed by atoms with E-state index in [0.29, 0.717) is 5.92 Å².